The molecule has 1 atom stereocenters. The second-order valence-corrected chi connectivity index (χ2v) is 8.80. The van der Waals surface area contributed by atoms with Gasteiger partial charge in [-0.05, 0) is 6.42 Å². The molecule has 0 aliphatic heterocycles. The Morgan fingerprint density at radius 3 is 2.84 bits per heavy atom. The first kappa shape index (κ1) is 19.9. The van der Waals surface area contributed by atoms with Gasteiger partial charge in [0.2, 0.25) is 11.0 Å². The van der Waals surface area contributed by atoms with Gasteiger partial charge in [0.1, 0.15) is 5.82 Å². The number of aryl methyl sites for hydroxylation is 1. The molecule has 7 nitrogen and oxygen atoms in total. The normalized spacial score (nSPS) is 12.1. The standard InChI is InChI=1S/C15H22N6OS3/c1-5-8-21-11(7-3)17-19-14(21)23-9-12(22)16-13-18-20-15(25-13)24-10(4)6-2/h5,10H,1,6-9H2,2-4H3,(H,16,18,22). The lowest BCUT2D eigenvalue weighted by Gasteiger charge is -2.06. The molecule has 136 valence electrons. The van der Waals surface area contributed by atoms with E-state index >= 15 is 0 Å². The minimum Gasteiger partial charge on any atom is -0.302 e. The Morgan fingerprint density at radius 1 is 1.36 bits per heavy atom. The van der Waals surface area contributed by atoms with Gasteiger partial charge in [0.15, 0.2) is 9.50 Å². The number of carbonyl (C=O) groups excluding carboxylic acids is 1. The first-order chi connectivity index (χ1) is 12.1. The molecular weight excluding hydrogens is 376 g/mol. The average Bonchev–Trinajstić information content (AvgIpc) is 3.20. The number of hydrogen-bond donors (Lipinski definition) is 1. The number of allylic oxidation sites excluding steroid dienone is 1. The van der Waals surface area contributed by atoms with Gasteiger partial charge in [-0.3, -0.25) is 10.1 Å². The number of nitrogens with zero attached hydrogens (tertiary/aromatic N) is 5. The van der Waals surface area contributed by atoms with E-state index < -0.39 is 0 Å². The molecule has 25 heavy (non-hydrogen) atoms. The minimum atomic E-state index is -0.132. The summed E-state index contributed by atoms with van der Waals surface area (Å²) in [5.74, 6) is 0.998. The predicted molar refractivity (Wildman–Crippen MR) is 104 cm³/mol. The molecule has 0 bridgehead atoms. The van der Waals surface area contributed by atoms with E-state index in [4.69, 9.17) is 0 Å². The maximum atomic E-state index is 12.1. The fourth-order valence-electron chi connectivity index (χ4n) is 1.85. The van der Waals surface area contributed by atoms with Crippen LogP contribution < -0.4 is 5.32 Å². The lowest BCUT2D eigenvalue weighted by molar-refractivity contribution is -0.113. The zero-order valence-electron chi connectivity index (χ0n) is 14.6. The number of hydrogen-bond acceptors (Lipinski definition) is 8. The number of aromatic nitrogens is 5. The van der Waals surface area contributed by atoms with Crippen molar-refractivity contribution in [3.63, 3.8) is 0 Å². The molecule has 0 aliphatic carbocycles. The summed E-state index contributed by atoms with van der Waals surface area (Å²) in [5.41, 5.74) is 0. The molecule has 2 aromatic rings. The highest BCUT2D eigenvalue weighted by atomic mass is 32.2. The van der Waals surface area contributed by atoms with Gasteiger partial charge >= 0.3 is 0 Å². The van der Waals surface area contributed by atoms with Crippen LogP contribution >= 0.6 is 34.9 Å². The summed E-state index contributed by atoms with van der Waals surface area (Å²) in [6.07, 6.45) is 3.65. The summed E-state index contributed by atoms with van der Waals surface area (Å²) in [6, 6.07) is 0. The van der Waals surface area contributed by atoms with E-state index in [9.17, 15) is 4.79 Å². The Kier molecular flexibility index (Phi) is 7.91. The number of amides is 1. The van der Waals surface area contributed by atoms with Crippen LogP contribution in [0, 0.1) is 0 Å². The van der Waals surface area contributed by atoms with Gasteiger partial charge < -0.3 is 4.57 Å². The highest BCUT2D eigenvalue weighted by Crippen LogP contribution is 2.30. The summed E-state index contributed by atoms with van der Waals surface area (Å²) in [6.45, 7) is 10.7. The molecular formula is C15H22N6OS3. The molecule has 0 aliphatic rings. The van der Waals surface area contributed by atoms with E-state index in [0.29, 0.717) is 16.9 Å². The average molecular weight is 399 g/mol. The lowest BCUT2D eigenvalue weighted by atomic mass is 10.4. The van der Waals surface area contributed by atoms with Crippen molar-refractivity contribution in [1.82, 2.24) is 25.0 Å². The van der Waals surface area contributed by atoms with Crippen LogP contribution in [-0.2, 0) is 17.8 Å². The van der Waals surface area contributed by atoms with Gasteiger partial charge in [0.25, 0.3) is 0 Å². The Bertz CT molecular complexity index is 714. The molecule has 2 heterocycles. The zero-order valence-corrected chi connectivity index (χ0v) is 17.0. The van der Waals surface area contributed by atoms with E-state index in [1.807, 2.05) is 11.5 Å². The summed E-state index contributed by atoms with van der Waals surface area (Å²) in [5, 5.41) is 20.9. The number of thioether (sulfide) groups is 2. The topological polar surface area (TPSA) is 85.6 Å². The van der Waals surface area contributed by atoms with Crippen molar-refractivity contribution in [2.75, 3.05) is 11.1 Å². The smallest absolute Gasteiger partial charge is 0.236 e. The van der Waals surface area contributed by atoms with Crippen LogP contribution in [-0.4, -0.2) is 41.9 Å². The zero-order chi connectivity index (χ0) is 18.2. The molecule has 2 rings (SSSR count). The van der Waals surface area contributed by atoms with Crippen molar-refractivity contribution in [2.24, 2.45) is 0 Å². The SMILES string of the molecule is C=CCn1c(CC)nnc1SCC(=O)Nc1nnc(SC(C)CC)s1. The molecule has 0 saturated carbocycles. The molecule has 0 fully saturated rings. The quantitative estimate of drug-likeness (QED) is 0.372. The van der Waals surface area contributed by atoms with E-state index in [0.717, 1.165) is 28.2 Å². The minimum absolute atomic E-state index is 0.132. The monoisotopic (exact) mass is 398 g/mol. The Balaban J connectivity index is 1.89. The number of rotatable bonds is 10. The second-order valence-electron chi connectivity index (χ2n) is 5.20. The van der Waals surface area contributed by atoms with E-state index in [1.54, 1.807) is 17.8 Å². The maximum Gasteiger partial charge on any atom is 0.236 e. The van der Waals surface area contributed by atoms with Crippen LogP contribution in [0.3, 0.4) is 0 Å². The molecule has 1 unspecified atom stereocenters. The van der Waals surface area contributed by atoms with Crippen molar-refractivity contribution in [2.45, 2.75) is 54.9 Å². The molecule has 10 heteroatoms. The third-order valence-corrected chi connectivity index (χ3v) is 6.44. The Morgan fingerprint density at radius 2 is 2.16 bits per heavy atom. The third kappa shape index (κ3) is 5.82. The van der Waals surface area contributed by atoms with E-state index in [1.165, 1.54) is 23.1 Å². The van der Waals surface area contributed by atoms with Crippen molar-refractivity contribution in [3.8, 4) is 0 Å². The predicted octanol–water partition coefficient (Wildman–Crippen LogP) is 3.50. The molecule has 2 aromatic heterocycles. The lowest BCUT2D eigenvalue weighted by Crippen LogP contribution is -2.14. The van der Waals surface area contributed by atoms with Gasteiger partial charge in [-0.2, -0.15) is 0 Å². The molecule has 0 spiro atoms. The van der Waals surface area contributed by atoms with Gasteiger partial charge in [0.05, 0.1) is 5.75 Å². The Labute approximate surface area is 160 Å². The van der Waals surface area contributed by atoms with Crippen LogP contribution in [0.4, 0.5) is 5.13 Å². The number of anilines is 1. The highest BCUT2D eigenvalue weighted by molar-refractivity contribution is 8.01. The molecule has 1 amide bonds. The molecule has 0 radical (unpaired) electrons. The first-order valence-corrected chi connectivity index (χ1v) is 10.7. The Hall–Kier alpha value is -1.39. The van der Waals surface area contributed by atoms with Crippen LogP contribution in [0.1, 0.15) is 33.0 Å². The van der Waals surface area contributed by atoms with Crippen LogP contribution in [0.15, 0.2) is 22.2 Å². The van der Waals surface area contributed by atoms with Gasteiger partial charge in [0, 0.05) is 18.2 Å². The van der Waals surface area contributed by atoms with Crippen LogP contribution in [0.2, 0.25) is 0 Å². The first-order valence-electron chi connectivity index (χ1n) is 8.03. The largest absolute Gasteiger partial charge is 0.302 e. The second kappa shape index (κ2) is 9.93. The molecule has 0 saturated heterocycles. The highest BCUT2D eigenvalue weighted by Gasteiger charge is 2.14. The van der Waals surface area contributed by atoms with Gasteiger partial charge in [-0.25, -0.2) is 0 Å². The fourth-order valence-corrected chi connectivity index (χ4v) is 4.63. The molecule has 1 N–H and O–H groups in total. The fraction of sp³-hybridized carbons (Fsp3) is 0.533. The number of carbonyl (C=O) groups is 1. The number of nitrogens with one attached hydrogen (secondary N) is 1. The van der Waals surface area contributed by atoms with Crippen LogP contribution in [0.25, 0.3) is 0 Å². The van der Waals surface area contributed by atoms with Gasteiger partial charge in [-0.1, -0.05) is 61.7 Å². The van der Waals surface area contributed by atoms with Crippen LogP contribution in [0.5, 0.6) is 0 Å². The van der Waals surface area contributed by atoms with Crippen molar-refractivity contribution < 1.29 is 4.79 Å². The summed E-state index contributed by atoms with van der Waals surface area (Å²) in [4.78, 5) is 12.1. The van der Waals surface area contributed by atoms with Gasteiger partial charge in [-0.15, -0.1) is 27.0 Å². The summed E-state index contributed by atoms with van der Waals surface area (Å²) in [7, 11) is 0. The summed E-state index contributed by atoms with van der Waals surface area (Å²) >= 11 is 4.42. The third-order valence-electron chi connectivity index (χ3n) is 3.28. The van der Waals surface area contributed by atoms with Crippen molar-refractivity contribution in [3.05, 3.63) is 18.5 Å². The molecule has 0 aromatic carbocycles. The maximum absolute atomic E-state index is 12.1. The van der Waals surface area contributed by atoms with Crippen molar-refractivity contribution >= 4 is 45.9 Å². The summed E-state index contributed by atoms with van der Waals surface area (Å²) < 4.78 is 2.84. The van der Waals surface area contributed by atoms with E-state index in [-0.39, 0.29) is 11.7 Å². The van der Waals surface area contributed by atoms with E-state index in [2.05, 4.69) is 46.1 Å². The van der Waals surface area contributed by atoms with Crippen molar-refractivity contribution in [1.29, 1.82) is 0 Å².